The van der Waals surface area contributed by atoms with E-state index >= 15 is 0 Å². The minimum Gasteiger partial charge on any atom is -0.481 e. The summed E-state index contributed by atoms with van der Waals surface area (Å²) in [5, 5.41) is 26.3. The van der Waals surface area contributed by atoms with Crippen molar-refractivity contribution >= 4 is 11.9 Å². The van der Waals surface area contributed by atoms with Crippen LogP contribution in [0.4, 0.5) is 0 Å². The SMILES string of the molecule is O=C(O)C1CC(=O)N(C(CO)CO)C1. The van der Waals surface area contributed by atoms with Crippen molar-refractivity contribution in [2.45, 2.75) is 12.5 Å². The first-order chi connectivity index (χ1) is 6.60. The molecule has 0 aromatic heterocycles. The Bertz CT molecular complexity index is 238. The molecular weight excluding hydrogens is 190 g/mol. The van der Waals surface area contributed by atoms with E-state index in [0.29, 0.717) is 0 Å². The zero-order valence-corrected chi connectivity index (χ0v) is 7.59. The fraction of sp³-hybridized carbons (Fsp3) is 0.750. The van der Waals surface area contributed by atoms with Gasteiger partial charge in [0.1, 0.15) is 0 Å². The molecule has 1 aliphatic rings. The van der Waals surface area contributed by atoms with E-state index in [4.69, 9.17) is 15.3 Å². The maximum absolute atomic E-state index is 11.3. The fourth-order valence-corrected chi connectivity index (χ4v) is 1.50. The highest BCUT2D eigenvalue weighted by atomic mass is 16.4. The number of carbonyl (C=O) groups excluding carboxylic acids is 1. The molecule has 0 saturated carbocycles. The lowest BCUT2D eigenvalue weighted by Crippen LogP contribution is -2.41. The molecule has 6 nitrogen and oxygen atoms in total. The number of carboxylic acid groups (broad SMARTS) is 1. The zero-order chi connectivity index (χ0) is 10.7. The van der Waals surface area contributed by atoms with E-state index in [1.54, 1.807) is 0 Å². The Balaban J connectivity index is 2.64. The summed E-state index contributed by atoms with van der Waals surface area (Å²) in [5.41, 5.74) is 0. The Morgan fingerprint density at radius 1 is 1.50 bits per heavy atom. The van der Waals surface area contributed by atoms with Gasteiger partial charge in [-0.25, -0.2) is 0 Å². The number of rotatable bonds is 4. The number of aliphatic carboxylic acids is 1. The molecule has 0 bridgehead atoms. The smallest absolute Gasteiger partial charge is 0.308 e. The van der Waals surface area contributed by atoms with E-state index in [1.165, 1.54) is 4.90 Å². The van der Waals surface area contributed by atoms with E-state index in [-0.39, 0.29) is 32.1 Å². The van der Waals surface area contributed by atoms with Gasteiger partial charge in [0, 0.05) is 13.0 Å². The number of carboxylic acids is 1. The van der Waals surface area contributed by atoms with Gasteiger partial charge < -0.3 is 20.2 Å². The van der Waals surface area contributed by atoms with Gasteiger partial charge in [0.25, 0.3) is 0 Å². The maximum Gasteiger partial charge on any atom is 0.308 e. The van der Waals surface area contributed by atoms with Crippen LogP contribution in [0, 0.1) is 5.92 Å². The van der Waals surface area contributed by atoms with Gasteiger partial charge >= 0.3 is 5.97 Å². The van der Waals surface area contributed by atoms with Gasteiger partial charge in [-0.3, -0.25) is 9.59 Å². The van der Waals surface area contributed by atoms with Gasteiger partial charge in [0.05, 0.1) is 25.2 Å². The summed E-state index contributed by atoms with van der Waals surface area (Å²) in [6, 6.07) is -0.674. The van der Waals surface area contributed by atoms with Gasteiger partial charge in [-0.2, -0.15) is 0 Å². The van der Waals surface area contributed by atoms with Crippen molar-refractivity contribution in [3.8, 4) is 0 Å². The summed E-state index contributed by atoms with van der Waals surface area (Å²) in [6.07, 6.45) is -0.0498. The standard InChI is InChI=1S/C8H13NO5/c10-3-6(4-11)9-2-5(8(13)14)1-7(9)12/h5-6,10-11H,1-4H2,(H,13,14). The number of hydrogen-bond donors (Lipinski definition) is 3. The molecule has 1 fully saturated rings. The van der Waals surface area contributed by atoms with Crippen molar-refractivity contribution in [1.29, 1.82) is 0 Å². The summed E-state index contributed by atoms with van der Waals surface area (Å²) in [4.78, 5) is 23.1. The van der Waals surface area contributed by atoms with Crippen LogP contribution in [0.3, 0.4) is 0 Å². The topological polar surface area (TPSA) is 98.1 Å². The first-order valence-corrected chi connectivity index (χ1v) is 4.34. The third-order valence-electron chi connectivity index (χ3n) is 2.37. The molecule has 14 heavy (non-hydrogen) atoms. The summed E-state index contributed by atoms with van der Waals surface area (Å²) in [5.74, 6) is -2.07. The molecule has 80 valence electrons. The van der Waals surface area contributed by atoms with Gasteiger partial charge in [0.2, 0.25) is 5.91 Å². The Kier molecular flexibility index (Phi) is 3.43. The fourth-order valence-electron chi connectivity index (χ4n) is 1.50. The van der Waals surface area contributed by atoms with Crippen molar-refractivity contribution in [3.05, 3.63) is 0 Å². The number of carbonyl (C=O) groups is 2. The van der Waals surface area contributed by atoms with Crippen LogP contribution in [-0.2, 0) is 9.59 Å². The maximum atomic E-state index is 11.3. The molecule has 1 aliphatic heterocycles. The molecule has 6 heteroatoms. The second-order valence-electron chi connectivity index (χ2n) is 3.30. The van der Waals surface area contributed by atoms with Crippen LogP contribution in [0.1, 0.15) is 6.42 Å². The van der Waals surface area contributed by atoms with Gasteiger partial charge in [-0.05, 0) is 0 Å². The minimum absolute atomic E-state index is 0.0498. The Hall–Kier alpha value is -1.14. The largest absolute Gasteiger partial charge is 0.481 e. The molecule has 0 radical (unpaired) electrons. The van der Waals surface area contributed by atoms with Crippen LogP contribution in [0.15, 0.2) is 0 Å². The van der Waals surface area contributed by atoms with E-state index in [1.807, 2.05) is 0 Å². The van der Waals surface area contributed by atoms with E-state index in [9.17, 15) is 9.59 Å². The predicted molar refractivity (Wildman–Crippen MR) is 45.4 cm³/mol. The molecule has 1 amide bonds. The molecule has 1 rings (SSSR count). The second kappa shape index (κ2) is 4.39. The van der Waals surface area contributed by atoms with Crippen molar-refractivity contribution in [3.63, 3.8) is 0 Å². The summed E-state index contributed by atoms with van der Waals surface area (Å²) in [6.45, 7) is -0.636. The molecule has 1 heterocycles. The first-order valence-electron chi connectivity index (χ1n) is 4.34. The Morgan fingerprint density at radius 3 is 2.43 bits per heavy atom. The summed E-state index contributed by atoms with van der Waals surface area (Å²) < 4.78 is 0. The number of hydrogen-bond acceptors (Lipinski definition) is 4. The van der Waals surface area contributed by atoms with E-state index < -0.39 is 17.9 Å². The molecule has 1 saturated heterocycles. The third kappa shape index (κ3) is 2.02. The highest BCUT2D eigenvalue weighted by molar-refractivity contribution is 5.86. The molecular formula is C8H13NO5. The van der Waals surface area contributed by atoms with Crippen LogP contribution in [0.2, 0.25) is 0 Å². The lowest BCUT2D eigenvalue weighted by atomic mass is 10.1. The Labute approximate surface area is 80.8 Å². The number of aliphatic hydroxyl groups excluding tert-OH is 2. The molecule has 0 aliphatic carbocycles. The summed E-state index contributed by atoms with van der Waals surface area (Å²) in [7, 11) is 0. The van der Waals surface area contributed by atoms with Gasteiger partial charge in [-0.1, -0.05) is 0 Å². The van der Waals surface area contributed by atoms with Crippen molar-refractivity contribution in [1.82, 2.24) is 4.90 Å². The minimum atomic E-state index is -1.02. The van der Waals surface area contributed by atoms with Crippen LogP contribution in [0.25, 0.3) is 0 Å². The first kappa shape index (κ1) is 10.9. The lowest BCUT2D eigenvalue weighted by Gasteiger charge is -2.24. The molecule has 1 unspecified atom stereocenters. The number of likely N-dealkylation sites (tertiary alicyclic amines) is 1. The van der Waals surface area contributed by atoms with Crippen LogP contribution in [-0.4, -0.2) is 57.9 Å². The zero-order valence-electron chi connectivity index (χ0n) is 7.59. The van der Waals surface area contributed by atoms with Crippen molar-refractivity contribution in [2.24, 2.45) is 5.92 Å². The average molecular weight is 203 g/mol. The quantitative estimate of drug-likeness (QED) is 0.504. The molecule has 0 spiro atoms. The normalized spacial score (nSPS) is 22.1. The van der Waals surface area contributed by atoms with E-state index in [0.717, 1.165) is 0 Å². The van der Waals surface area contributed by atoms with Crippen LogP contribution in [0.5, 0.6) is 0 Å². The number of nitrogens with zero attached hydrogens (tertiary/aromatic N) is 1. The molecule has 0 aromatic carbocycles. The van der Waals surface area contributed by atoms with E-state index in [2.05, 4.69) is 0 Å². The summed E-state index contributed by atoms with van der Waals surface area (Å²) >= 11 is 0. The molecule has 3 N–H and O–H groups in total. The Morgan fingerprint density at radius 2 is 2.07 bits per heavy atom. The predicted octanol–water partition coefficient (Wildman–Crippen LogP) is -1.73. The third-order valence-corrected chi connectivity index (χ3v) is 2.37. The van der Waals surface area contributed by atoms with Crippen LogP contribution < -0.4 is 0 Å². The number of amides is 1. The van der Waals surface area contributed by atoms with Crippen molar-refractivity contribution in [2.75, 3.05) is 19.8 Å². The lowest BCUT2D eigenvalue weighted by molar-refractivity contribution is -0.141. The van der Waals surface area contributed by atoms with Gasteiger partial charge in [0.15, 0.2) is 0 Å². The number of aliphatic hydroxyl groups is 2. The molecule has 1 atom stereocenters. The highest BCUT2D eigenvalue weighted by Gasteiger charge is 2.37. The van der Waals surface area contributed by atoms with Gasteiger partial charge in [-0.15, -0.1) is 0 Å². The van der Waals surface area contributed by atoms with Crippen molar-refractivity contribution < 1.29 is 24.9 Å². The second-order valence-corrected chi connectivity index (χ2v) is 3.30. The average Bonchev–Trinajstić information content (AvgIpc) is 2.51. The monoisotopic (exact) mass is 203 g/mol. The molecule has 0 aromatic rings. The highest BCUT2D eigenvalue weighted by Crippen LogP contribution is 2.19. The van der Waals surface area contributed by atoms with Crippen LogP contribution >= 0.6 is 0 Å².